The predicted octanol–water partition coefficient (Wildman–Crippen LogP) is 3.01. The van der Waals surface area contributed by atoms with Crippen molar-refractivity contribution in [1.82, 2.24) is 0 Å². The number of Topliss-reactive ketones (excluding diaryl/α,β-unsaturated/α-hetero) is 1. The second kappa shape index (κ2) is 4.45. The molecule has 2 rings (SSSR count). The third kappa shape index (κ3) is 1.99. The van der Waals surface area contributed by atoms with Gasteiger partial charge in [-0.15, -0.1) is 0 Å². The van der Waals surface area contributed by atoms with Crippen LogP contribution in [0.1, 0.15) is 31.2 Å². The van der Waals surface area contributed by atoms with Crippen molar-refractivity contribution in [2.24, 2.45) is 0 Å². The van der Waals surface area contributed by atoms with Crippen LogP contribution in [-0.4, -0.2) is 5.78 Å². The molecule has 0 unspecified atom stereocenters. The van der Waals surface area contributed by atoms with Gasteiger partial charge in [0.1, 0.15) is 11.6 Å². The van der Waals surface area contributed by atoms with Crippen LogP contribution in [0.25, 0.3) is 0 Å². The van der Waals surface area contributed by atoms with Crippen molar-refractivity contribution < 1.29 is 18.0 Å². The Morgan fingerprint density at radius 3 is 2.17 bits per heavy atom. The number of hydrogen-bond donors (Lipinski definition) is 0. The van der Waals surface area contributed by atoms with Crippen LogP contribution in [0.5, 0.6) is 0 Å². The molecule has 1 aliphatic carbocycles. The summed E-state index contributed by atoms with van der Waals surface area (Å²) in [5.41, 5.74) is -1.39. The van der Waals surface area contributed by atoms with E-state index in [1.807, 2.05) is 6.07 Å². The minimum Gasteiger partial charge on any atom is -0.300 e. The van der Waals surface area contributed by atoms with Crippen molar-refractivity contribution in [2.45, 2.75) is 31.1 Å². The van der Waals surface area contributed by atoms with Gasteiger partial charge in [0, 0.05) is 24.5 Å². The molecule has 1 aromatic rings. The zero-order chi connectivity index (χ0) is 13.3. The van der Waals surface area contributed by atoms with Crippen molar-refractivity contribution in [3.63, 3.8) is 0 Å². The van der Waals surface area contributed by atoms with Crippen LogP contribution < -0.4 is 0 Å². The highest BCUT2D eigenvalue weighted by Gasteiger charge is 2.39. The zero-order valence-corrected chi connectivity index (χ0v) is 9.47. The first-order valence-electron chi connectivity index (χ1n) is 5.56. The fraction of sp³-hybridized carbons (Fsp3) is 0.385. The summed E-state index contributed by atoms with van der Waals surface area (Å²) in [6.45, 7) is 0. The molecule has 0 N–H and O–H groups in total. The highest BCUT2D eigenvalue weighted by atomic mass is 19.2. The summed E-state index contributed by atoms with van der Waals surface area (Å²) in [6, 6.07) is 3.13. The summed E-state index contributed by atoms with van der Waals surface area (Å²) >= 11 is 0. The maximum atomic E-state index is 13.7. The molecule has 0 radical (unpaired) electrons. The molecule has 0 bridgehead atoms. The van der Waals surface area contributed by atoms with Gasteiger partial charge in [0.15, 0.2) is 11.6 Å². The second-order valence-electron chi connectivity index (χ2n) is 4.48. The second-order valence-corrected chi connectivity index (χ2v) is 4.48. The van der Waals surface area contributed by atoms with E-state index in [9.17, 15) is 23.2 Å². The lowest BCUT2D eigenvalue weighted by atomic mass is 9.70. The quantitative estimate of drug-likeness (QED) is 0.722. The number of hydrogen-bond acceptors (Lipinski definition) is 2. The molecule has 0 amide bonds. The zero-order valence-electron chi connectivity index (χ0n) is 9.47. The highest BCUT2D eigenvalue weighted by Crippen LogP contribution is 2.39. The molecule has 0 aliphatic heterocycles. The molecule has 1 fully saturated rings. The summed E-state index contributed by atoms with van der Waals surface area (Å²) in [4.78, 5) is 11.2. The first-order chi connectivity index (χ1) is 8.48. The van der Waals surface area contributed by atoms with E-state index in [1.54, 1.807) is 0 Å². The number of nitrogens with zero attached hydrogens (tertiary/aromatic N) is 1. The van der Waals surface area contributed by atoms with E-state index in [0.29, 0.717) is 6.07 Å². The molecule has 1 aliphatic rings. The Morgan fingerprint density at radius 1 is 1.06 bits per heavy atom. The fourth-order valence-corrected chi connectivity index (χ4v) is 2.29. The van der Waals surface area contributed by atoms with Crippen LogP contribution in [0.4, 0.5) is 13.2 Å². The predicted molar refractivity (Wildman–Crippen MR) is 57.1 cm³/mol. The maximum absolute atomic E-state index is 13.7. The molecule has 94 valence electrons. The summed E-state index contributed by atoms with van der Waals surface area (Å²) in [5, 5.41) is 9.22. The van der Waals surface area contributed by atoms with E-state index in [0.717, 1.165) is 6.07 Å². The van der Waals surface area contributed by atoms with Gasteiger partial charge in [-0.1, -0.05) is 0 Å². The minimum atomic E-state index is -1.28. The molecule has 2 nitrogen and oxygen atoms in total. The average molecular weight is 253 g/mol. The topological polar surface area (TPSA) is 40.9 Å². The highest BCUT2D eigenvalue weighted by molar-refractivity contribution is 5.80. The van der Waals surface area contributed by atoms with Gasteiger partial charge in [0.25, 0.3) is 0 Å². The molecule has 0 saturated heterocycles. The van der Waals surface area contributed by atoms with Gasteiger partial charge in [-0.05, 0) is 18.9 Å². The van der Waals surface area contributed by atoms with Gasteiger partial charge >= 0.3 is 0 Å². The maximum Gasteiger partial charge on any atom is 0.161 e. The van der Waals surface area contributed by atoms with Gasteiger partial charge < -0.3 is 0 Å². The van der Waals surface area contributed by atoms with Crippen molar-refractivity contribution >= 4 is 5.78 Å². The molecule has 1 aromatic carbocycles. The van der Waals surface area contributed by atoms with E-state index in [-0.39, 0.29) is 37.0 Å². The van der Waals surface area contributed by atoms with Gasteiger partial charge in [-0.3, -0.25) is 4.79 Å². The molecule has 0 spiro atoms. The van der Waals surface area contributed by atoms with Gasteiger partial charge in [-0.25, -0.2) is 13.2 Å². The Kier molecular flexibility index (Phi) is 3.12. The number of nitriles is 1. The van der Waals surface area contributed by atoms with Crippen molar-refractivity contribution in [2.75, 3.05) is 0 Å². The molecule has 0 heterocycles. The molecule has 5 heteroatoms. The normalized spacial score (nSPS) is 18.4. The Balaban J connectivity index is 2.49. The lowest BCUT2D eigenvalue weighted by molar-refractivity contribution is -0.121. The summed E-state index contributed by atoms with van der Waals surface area (Å²) in [5.74, 6) is -3.40. The minimum absolute atomic E-state index is 0.00358. The Morgan fingerprint density at radius 2 is 1.61 bits per heavy atom. The third-order valence-electron chi connectivity index (χ3n) is 3.40. The SMILES string of the molecule is N#CC1(c2cc(F)c(F)cc2F)CCC(=O)CC1. The first kappa shape index (κ1) is 12.6. The summed E-state index contributed by atoms with van der Waals surface area (Å²) in [7, 11) is 0. The molecule has 1 saturated carbocycles. The molecular weight excluding hydrogens is 243 g/mol. The summed E-state index contributed by atoms with van der Waals surface area (Å²) < 4.78 is 39.7. The van der Waals surface area contributed by atoms with Gasteiger partial charge in [0.05, 0.1) is 11.5 Å². The number of rotatable bonds is 1. The van der Waals surface area contributed by atoms with Crippen LogP contribution in [0.2, 0.25) is 0 Å². The first-order valence-corrected chi connectivity index (χ1v) is 5.56. The number of benzene rings is 1. The Labute approximate surface area is 102 Å². The molecule has 18 heavy (non-hydrogen) atoms. The van der Waals surface area contributed by atoms with E-state index in [4.69, 9.17) is 0 Å². The molecular formula is C13H10F3NO. The smallest absolute Gasteiger partial charge is 0.161 e. The lowest BCUT2D eigenvalue weighted by Gasteiger charge is -2.30. The number of halogens is 3. The van der Waals surface area contributed by atoms with Crippen LogP contribution in [-0.2, 0) is 10.2 Å². The van der Waals surface area contributed by atoms with Gasteiger partial charge in [0.2, 0.25) is 0 Å². The summed E-state index contributed by atoms with van der Waals surface area (Å²) in [6.07, 6.45) is 0.604. The fourth-order valence-electron chi connectivity index (χ4n) is 2.29. The van der Waals surface area contributed by atoms with Crippen LogP contribution in [0, 0.1) is 28.8 Å². The van der Waals surface area contributed by atoms with E-state index >= 15 is 0 Å². The van der Waals surface area contributed by atoms with Crippen LogP contribution in [0.3, 0.4) is 0 Å². The largest absolute Gasteiger partial charge is 0.300 e. The van der Waals surface area contributed by atoms with E-state index in [1.165, 1.54) is 0 Å². The van der Waals surface area contributed by atoms with E-state index < -0.39 is 22.9 Å². The number of carbonyl (C=O) groups excluding carboxylic acids is 1. The van der Waals surface area contributed by atoms with Crippen molar-refractivity contribution in [3.05, 3.63) is 35.1 Å². The molecule has 0 aromatic heterocycles. The average Bonchev–Trinajstić information content (AvgIpc) is 2.36. The number of carbonyl (C=O) groups is 1. The van der Waals surface area contributed by atoms with Gasteiger partial charge in [-0.2, -0.15) is 5.26 Å². The van der Waals surface area contributed by atoms with Crippen molar-refractivity contribution in [3.8, 4) is 6.07 Å². The lowest BCUT2D eigenvalue weighted by Crippen LogP contribution is -2.31. The van der Waals surface area contributed by atoms with E-state index in [2.05, 4.69) is 0 Å². The Bertz CT molecular complexity index is 538. The number of ketones is 1. The van der Waals surface area contributed by atoms with Crippen molar-refractivity contribution in [1.29, 1.82) is 5.26 Å². The monoisotopic (exact) mass is 253 g/mol. The van der Waals surface area contributed by atoms with Crippen LogP contribution in [0.15, 0.2) is 12.1 Å². The van der Waals surface area contributed by atoms with Crippen LogP contribution >= 0.6 is 0 Å². The molecule has 0 atom stereocenters. The Hall–Kier alpha value is -1.83. The third-order valence-corrected chi connectivity index (χ3v) is 3.40. The standard InChI is InChI=1S/C13H10F3NO/c14-10-6-12(16)11(15)5-9(10)13(7-17)3-1-8(18)2-4-13/h5-6H,1-4H2.